The van der Waals surface area contributed by atoms with Crippen molar-refractivity contribution in [2.45, 2.75) is 45.1 Å². The first-order valence-corrected chi connectivity index (χ1v) is 7.31. The van der Waals surface area contributed by atoms with Crippen molar-refractivity contribution >= 4 is 11.6 Å². The number of amides is 1. The van der Waals surface area contributed by atoms with Gasteiger partial charge < -0.3 is 10.6 Å². The molecular weight excluding hydrogens is 236 g/mol. The molecule has 2 atom stereocenters. The highest BCUT2D eigenvalue weighted by Gasteiger charge is 2.20. The predicted octanol–water partition coefficient (Wildman–Crippen LogP) is 3.43. The van der Waals surface area contributed by atoms with Crippen molar-refractivity contribution < 1.29 is 4.79 Å². The average molecular weight is 260 g/mol. The molecule has 1 aliphatic rings. The monoisotopic (exact) mass is 260 g/mol. The molecule has 3 heteroatoms. The quantitative estimate of drug-likeness (QED) is 0.871. The molecule has 104 valence electrons. The summed E-state index contributed by atoms with van der Waals surface area (Å²) in [5.74, 6) is 0.826. The van der Waals surface area contributed by atoms with E-state index in [0.29, 0.717) is 6.04 Å². The van der Waals surface area contributed by atoms with Crippen molar-refractivity contribution in [1.29, 1.82) is 0 Å². The van der Waals surface area contributed by atoms with E-state index in [9.17, 15) is 4.79 Å². The first-order valence-electron chi connectivity index (χ1n) is 7.31. The molecule has 1 saturated carbocycles. The highest BCUT2D eigenvalue weighted by molar-refractivity contribution is 5.94. The highest BCUT2D eigenvalue weighted by atomic mass is 16.1. The fourth-order valence-corrected chi connectivity index (χ4v) is 2.92. The lowest BCUT2D eigenvalue weighted by Gasteiger charge is -2.30. The Balaban J connectivity index is 2.00. The van der Waals surface area contributed by atoms with E-state index in [1.165, 1.54) is 32.1 Å². The maximum absolute atomic E-state index is 11.6. The van der Waals surface area contributed by atoms with Crippen molar-refractivity contribution in [2.75, 3.05) is 12.4 Å². The van der Waals surface area contributed by atoms with Gasteiger partial charge in [-0.05, 0) is 37.0 Å². The Morgan fingerprint density at radius 3 is 2.95 bits per heavy atom. The third-order valence-electron chi connectivity index (χ3n) is 4.08. The number of carbonyl (C=O) groups is 1. The van der Waals surface area contributed by atoms with E-state index in [-0.39, 0.29) is 5.91 Å². The van der Waals surface area contributed by atoms with Gasteiger partial charge in [-0.2, -0.15) is 0 Å². The SMILES string of the molecule is CCC1CCCC(Nc2cccc(C(=O)NC)c2)C1. The summed E-state index contributed by atoms with van der Waals surface area (Å²) < 4.78 is 0. The molecule has 1 aromatic carbocycles. The fourth-order valence-electron chi connectivity index (χ4n) is 2.92. The van der Waals surface area contributed by atoms with Crippen molar-refractivity contribution in [3.63, 3.8) is 0 Å². The summed E-state index contributed by atoms with van der Waals surface area (Å²) in [5, 5.41) is 6.25. The van der Waals surface area contributed by atoms with Gasteiger partial charge in [-0.15, -0.1) is 0 Å². The van der Waals surface area contributed by atoms with Crippen molar-refractivity contribution in [3.8, 4) is 0 Å². The molecule has 1 aliphatic carbocycles. The van der Waals surface area contributed by atoms with Crippen LogP contribution in [-0.2, 0) is 0 Å². The van der Waals surface area contributed by atoms with Crippen LogP contribution in [0.1, 0.15) is 49.4 Å². The number of benzene rings is 1. The summed E-state index contributed by atoms with van der Waals surface area (Å²) in [6.07, 6.45) is 6.44. The van der Waals surface area contributed by atoms with Crippen LogP contribution in [0.5, 0.6) is 0 Å². The molecule has 0 bridgehead atoms. The van der Waals surface area contributed by atoms with Gasteiger partial charge in [-0.3, -0.25) is 4.79 Å². The number of hydrogen-bond acceptors (Lipinski definition) is 2. The smallest absolute Gasteiger partial charge is 0.251 e. The van der Waals surface area contributed by atoms with Crippen molar-refractivity contribution in [1.82, 2.24) is 5.32 Å². The Hall–Kier alpha value is -1.51. The number of rotatable bonds is 4. The number of nitrogens with one attached hydrogen (secondary N) is 2. The lowest BCUT2D eigenvalue weighted by molar-refractivity contribution is 0.0963. The van der Waals surface area contributed by atoms with Gasteiger partial charge in [0.1, 0.15) is 0 Å². The topological polar surface area (TPSA) is 41.1 Å². The standard InChI is InChI=1S/C16H24N2O/c1-3-12-6-4-8-14(10-12)18-15-9-5-7-13(11-15)16(19)17-2/h5,7,9,11-12,14,18H,3-4,6,8,10H2,1-2H3,(H,17,19). The molecule has 0 radical (unpaired) electrons. The molecule has 0 aromatic heterocycles. The first-order chi connectivity index (χ1) is 9.22. The second-order valence-corrected chi connectivity index (χ2v) is 5.44. The van der Waals surface area contributed by atoms with E-state index in [1.54, 1.807) is 7.05 Å². The van der Waals surface area contributed by atoms with Crippen LogP contribution in [0.15, 0.2) is 24.3 Å². The van der Waals surface area contributed by atoms with Crippen LogP contribution in [0.3, 0.4) is 0 Å². The second kappa shape index (κ2) is 6.60. The van der Waals surface area contributed by atoms with Crippen LogP contribution in [0, 0.1) is 5.92 Å². The third-order valence-corrected chi connectivity index (χ3v) is 4.08. The van der Waals surface area contributed by atoms with Gasteiger partial charge in [0.05, 0.1) is 0 Å². The van der Waals surface area contributed by atoms with Gasteiger partial charge in [0.15, 0.2) is 0 Å². The number of carbonyl (C=O) groups excluding carboxylic acids is 1. The third kappa shape index (κ3) is 3.72. The van der Waals surface area contributed by atoms with Gasteiger partial charge in [-0.25, -0.2) is 0 Å². The van der Waals surface area contributed by atoms with E-state index in [1.807, 2.05) is 24.3 Å². The molecule has 0 spiro atoms. The summed E-state index contributed by atoms with van der Waals surface area (Å²) >= 11 is 0. The van der Waals surface area contributed by atoms with Crippen LogP contribution < -0.4 is 10.6 Å². The van der Waals surface area contributed by atoms with Crippen LogP contribution in [0.25, 0.3) is 0 Å². The second-order valence-electron chi connectivity index (χ2n) is 5.44. The van der Waals surface area contributed by atoms with Gasteiger partial charge >= 0.3 is 0 Å². The number of hydrogen-bond donors (Lipinski definition) is 2. The molecule has 1 amide bonds. The average Bonchev–Trinajstić information content (AvgIpc) is 2.47. The van der Waals surface area contributed by atoms with Crippen molar-refractivity contribution in [3.05, 3.63) is 29.8 Å². The van der Waals surface area contributed by atoms with E-state index in [0.717, 1.165) is 17.2 Å². The Labute approximate surface area is 115 Å². The van der Waals surface area contributed by atoms with Gasteiger partial charge in [0, 0.05) is 24.3 Å². The zero-order chi connectivity index (χ0) is 13.7. The zero-order valence-corrected chi connectivity index (χ0v) is 11.9. The summed E-state index contributed by atoms with van der Waals surface area (Å²) in [5.41, 5.74) is 1.78. The predicted molar refractivity (Wildman–Crippen MR) is 79.5 cm³/mol. The van der Waals surface area contributed by atoms with E-state index in [2.05, 4.69) is 17.6 Å². The molecule has 0 aliphatic heterocycles. The summed E-state index contributed by atoms with van der Waals surface area (Å²) in [6, 6.07) is 8.32. The van der Waals surface area contributed by atoms with Gasteiger partial charge in [-0.1, -0.05) is 32.3 Å². The molecule has 0 heterocycles. The molecule has 1 aromatic rings. The molecule has 0 saturated heterocycles. The minimum absolute atomic E-state index is 0.0290. The lowest BCUT2D eigenvalue weighted by atomic mass is 9.84. The van der Waals surface area contributed by atoms with Gasteiger partial charge in [0.25, 0.3) is 5.91 Å². The van der Waals surface area contributed by atoms with Gasteiger partial charge in [0.2, 0.25) is 0 Å². The Bertz CT molecular complexity index is 431. The molecule has 2 N–H and O–H groups in total. The Morgan fingerprint density at radius 1 is 1.37 bits per heavy atom. The number of anilines is 1. The Morgan fingerprint density at radius 2 is 2.21 bits per heavy atom. The maximum atomic E-state index is 11.6. The van der Waals surface area contributed by atoms with Crippen LogP contribution in [-0.4, -0.2) is 19.0 Å². The van der Waals surface area contributed by atoms with Crippen LogP contribution in [0.2, 0.25) is 0 Å². The molecule has 2 rings (SSSR count). The molecule has 3 nitrogen and oxygen atoms in total. The van der Waals surface area contributed by atoms with Crippen LogP contribution >= 0.6 is 0 Å². The molecule has 1 fully saturated rings. The molecule has 19 heavy (non-hydrogen) atoms. The first kappa shape index (κ1) is 13.9. The Kier molecular flexibility index (Phi) is 4.83. The summed E-state index contributed by atoms with van der Waals surface area (Å²) in [7, 11) is 1.66. The zero-order valence-electron chi connectivity index (χ0n) is 11.9. The normalized spacial score (nSPS) is 22.8. The maximum Gasteiger partial charge on any atom is 0.251 e. The summed E-state index contributed by atoms with van der Waals surface area (Å²) in [4.78, 5) is 11.6. The molecule has 2 unspecified atom stereocenters. The minimum atomic E-state index is -0.0290. The highest BCUT2D eigenvalue weighted by Crippen LogP contribution is 2.28. The molecular formula is C16H24N2O. The van der Waals surface area contributed by atoms with Crippen LogP contribution in [0.4, 0.5) is 5.69 Å². The largest absolute Gasteiger partial charge is 0.382 e. The fraction of sp³-hybridized carbons (Fsp3) is 0.562. The lowest BCUT2D eigenvalue weighted by Crippen LogP contribution is -2.27. The van der Waals surface area contributed by atoms with Crippen molar-refractivity contribution in [2.24, 2.45) is 5.92 Å². The summed E-state index contributed by atoms with van der Waals surface area (Å²) in [6.45, 7) is 2.28. The van der Waals surface area contributed by atoms with E-state index in [4.69, 9.17) is 0 Å². The van der Waals surface area contributed by atoms with E-state index < -0.39 is 0 Å². The van der Waals surface area contributed by atoms with E-state index >= 15 is 0 Å². The minimum Gasteiger partial charge on any atom is -0.382 e.